The summed E-state index contributed by atoms with van der Waals surface area (Å²) in [5, 5.41) is 0. The Balaban J connectivity index is 1.53. The third-order valence-corrected chi connectivity index (χ3v) is 6.89. The summed E-state index contributed by atoms with van der Waals surface area (Å²) in [6.45, 7) is 6.15. The lowest BCUT2D eigenvalue weighted by Gasteiger charge is -2.24. The van der Waals surface area contributed by atoms with E-state index in [0.717, 1.165) is 66.0 Å². The third kappa shape index (κ3) is 7.04. The van der Waals surface area contributed by atoms with Crippen LogP contribution in [-0.4, -0.2) is 42.1 Å². The molecule has 0 amide bonds. The van der Waals surface area contributed by atoms with Crippen LogP contribution in [-0.2, 0) is 4.74 Å². The Kier molecular flexibility index (Phi) is 8.74. The molecule has 7 nitrogen and oxygen atoms in total. The lowest BCUT2D eigenvalue weighted by molar-refractivity contribution is 0.0599. The molecule has 2 heterocycles. The molecule has 0 aliphatic carbocycles. The Labute approximate surface area is 211 Å². The first kappa shape index (κ1) is 25.2. The molecule has 2 aromatic carbocycles. The van der Waals surface area contributed by atoms with Crippen molar-refractivity contribution in [3.63, 3.8) is 0 Å². The fourth-order valence-corrected chi connectivity index (χ4v) is 4.96. The Hall–Kier alpha value is -2.94. The maximum atomic E-state index is 11.1. The fraction of sp³-hybridized carbons (Fsp3) is 0.370. The first-order valence-electron chi connectivity index (χ1n) is 11.9. The molecule has 1 aliphatic rings. The average molecular weight is 493 g/mol. The lowest BCUT2D eigenvalue weighted by Crippen LogP contribution is -2.32. The molecule has 1 fully saturated rings. The van der Waals surface area contributed by atoms with Gasteiger partial charge in [0.25, 0.3) is 0 Å². The molecule has 184 valence electrons. The van der Waals surface area contributed by atoms with Crippen LogP contribution >= 0.6 is 11.9 Å². The summed E-state index contributed by atoms with van der Waals surface area (Å²) in [6, 6.07) is 15.3. The van der Waals surface area contributed by atoms with Crippen molar-refractivity contribution in [2.75, 3.05) is 24.5 Å². The van der Waals surface area contributed by atoms with Gasteiger partial charge in [-0.3, -0.25) is 9.52 Å². The minimum atomic E-state index is -0.0754. The number of aromatic nitrogens is 2. The van der Waals surface area contributed by atoms with Gasteiger partial charge in [0.2, 0.25) is 11.8 Å². The summed E-state index contributed by atoms with van der Waals surface area (Å²) >= 11 is 1.35. The van der Waals surface area contributed by atoms with Crippen molar-refractivity contribution in [1.29, 1.82) is 0 Å². The second-order valence-electron chi connectivity index (χ2n) is 8.94. The van der Waals surface area contributed by atoms with Crippen LogP contribution in [0, 0.1) is 19.8 Å². The molecule has 4 rings (SSSR count). The minimum absolute atomic E-state index is 0.0754. The second kappa shape index (κ2) is 12.2. The molecule has 1 aliphatic heterocycles. The van der Waals surface area contributed by atoms with E-state index in [0.29, 0.717) is 29.9 Å². The fourth-order valence-electron chi connectivity index (χ4n) is 4.32. The van der Waals surface area contributed by atoms with E-state index in [4.69, 9.17) is 20.2 Å². The number of hydrogen-bond donors (Lipinski definition) is 2. The molecule has 1 aromatic heterocycles. The number of hydrogen-bond acceptors (Lipinski definition) is 8. The van der Waals surface area contributed by atoms with Gasteiger partial charge in [0, 0.05) is 41.3 Å². The number of nitrogens with zero attached hydrogens (tertiary/aromatic N) is 2. The minimum Gasteiger partial charge on any atom is -0.476 e. The molecule has 8 heteroatoms. The van der Waals surface area contributed by atoms with E-state index in [1.165, 1.54) is 11.9 Å². The molecule has 0 spiro atoms. The first-order chi connectivity index (χ1) is 17.0. The van der Waals surface area contributed by atoms with E-state index in [-0.39, 0.29) is 6.04 Å². The second-order valence-corrected chi connectivity index (χ2v) is 9.82. The number of rotatable bonds is 10. The molecular formula is C27H32N4O3S. The van der Waals surface area contributed by atoms with Gasteiger partial charge in [-0.2, -0.15) is 4.98 Å². The van der Waals surface area contributed by atoms with Crippen LogP contribution in [0.25, 0.3) is 11.3 Å². The van der Waals surface area contributed by atoms with Gasteiger partial charge < -0.3 is 15.2 Å². The normalized spacial score (nSPS) is 14.9. The Morgan fingerprint density at radius 1 is 1.14 bits per heavy atom. The summed E-state index contributed by atoms with van der Waals surface area (Å²) in [5.41, 5.74) is 11.1. The average Bonchev–Trinajstić information content (AvgIpc) is 2.87. The number of carbonyl (C=O) groups excluding carboxylic acids is 1. The molecule has 1 unspecified atom stereocenters. The van der Waals surface area contributed by atoms with Crippen LogP contribution in [0.5, 0.6) is 5.88 Å². The van der Waals surface area contributed by atoms with E-state index in [2.05, 4.69) is 35.7 Å². The topological polar surface area (TPSA) is 99.4 Å². The van der Waals surface area contributed by atoms with Crippen molar-refractivity contribution in [3.05, 3.63) is 65.2 Å². The number of anilines is 1. The number of carbonyl (C=O) groups is 1. The van der Waals surface area contributed by atoms with E-state index in [1.807, 2.05) is 30.3 Å². The van der Waals surface area contributed by atoms with Crippen LogP contribution < -0.4 is 15.2 Å². The number of benzene rings is 2. The van der Waals surface area contributed by atoms with Crippen LogP contribution in [0.3, 0.4) is 0 Å². The van der Waals surface area contributed by atoms with Gasteiger partial charge in [-0.05, 0) is 74.2 Å². The van der Waals surface area contributed by atoms with E-state index >= 15 is 0 Å². The van der Waals surface area contributed by atoms with E-state index < -0.39 is 0 Å². The summed E-state index contributed by atoms with van der Waals surface area (Å²) in [5.74, 6) is 1.48. The van der Waals surface area contributed by atoms with Gasteiger partial charge in [0.15, 0.2) is 0 Å². The molecule has 0 saturated carbocycles. The lowest BCUT2D eigenvalue weighted by atomic mass is 9.93. The quantitative estimate of drug-likeness (QED) is 0.294. The SMILES string of the molecule is Cc1cccc(C)c1-c1cc(OCC(N)CC2CCOCC2)nc(NSc2cccc(C=O)c2)n1. The van der Waals surface area contributed by atoms with Crippen molar-refractivity contribution in [3.8, 4) is 17.1 Å². The molecule has 3 aromatic rings. The standard InChI is InChI=1S/C27H32N4O3S/c1-18-5-3-6-19(2)26(18)24-15-25(34-17-22(28)13-20-9-11-33-12-10-20)30-27(29-24)31-35-23-8-4-7-21(14-23)16-32/h3-8,14-16,20,22H,9-13,17,28H2,1-2H3,(H,29,30,31). The van der Waals surface area contributed by atoms with Gasteiger partial charge in [0.05, 0.1) is 5.69 Å². The zero-order valence-corrected chi connectivity index (χ0v) is 21.0. The number of aldehydes is 1. The number of nitrogens with two attached hydrogens (primary N) is 1. The van der Waals surface area contributed by atoms with Crippen LogP contribution in [0.15, 0.2) is 53.4 Å². The maximum Gasteiger partial charge on any atom is 0.237 e. The van der Waals surface area contributed by atoms with Crippen molar-refractivity contribution in [1.82, 2.24) is 9.97 Å². The van der Waals surface area contributed by atoms with Crippen LogP contribution in [0.1, 0.15) is 40.7 Å². The third-order valence-electron chi connectivity index (χ3n) is 6.12. The highest BCUT2D eigenvalue weighted by Gasteiger charge is 2.18. The van der Waals surface area contributed by atoms with Crippen molar-refractivity contribution in [2.45, 2.75) is 44.0 Å². The first-order valence-corrected chi connectivity index (χ1v) is 12.7. The summed E-state index contributed by atoms with van der Waals surface area (Å²) in [4.78, 5) is 21.3. The van der Waals surface area contributed by atoms with Gasteiger partial charge in [-0.25, -0.2) is 4.98 Å². The Bertz CT molecular complexity index is 1130. The molecule has 0 radical (unpaired) electrons. The highest BCUT2D eigenvalue weighted by Crippen LogP contribution is 2.30. The number of ether oxygens (including phenoxy) is 2. The Morgan fingerprint density at radius 3 is 2.63 bits per heavy atom. The predicted molar refractivity (Wildman–Crippen MR) is 140 cm³/mol. The molecule has 1 atom stereocenters. The Morgan fingerprint density at radius 2 is 1.89 bits per heavy atom. The zero-order chi connectivity index (χ0) is 24.6. The zero-order valence-electron chi connectivity index (χ0n) is 20.2. The smallest absolute Gasteiger partial charge is 0.237 e. The van der Waals surface area contributed by atoms with Gasteiger partial charge >= 0.3 is 0 Å². The van der Waals surface area contributed by atoms with Gasteiger partial charge in [-0.1, -0.05) is 30.3 Å². The molecule has 1 saturated heterocycles. The highest BCUT2D eigenvalue weighted by atomic mass is 32.2. The molecule has 35 heavy (non-hydrogen) atoms. The van der Waals surface area contributed by atoms with Gasteiger partial charge in [0.1, 0.15) is 12.9 Å². The highest BCUT2D eigenvalue weighted by molar-refractivity contribution is 8.00. The van der Waals surface area contributed by atoms with Crippen molar-refractivity contribution < 1.29 is 14.3 Å². The van der Waals surface area contributed by atoms with Crippen molar-refractivity contribution >= 4 is 24.2 Å². The van der Waals surface area contributed by atoms with Crippen LogP contribution in [0.4, 0.5) is 5.95 Å². The molecular weight excluding hydrogens is 460 g/mol. The maximum absolute atomic E-state index is 11.1. The van der Waals surface area contributed by atoms with Crippen molar-refractivity contribution in [2.24, 2.45) is 11.7 Å². The molecule has 3 N–H and O–H groups in total. The largest absolute Gasteiger partial charge is 0.476 e. The van der Waals surface area contributed by atoms with E-state index in [9.17, 15) is 4.79 Å². The number of aryl methyl sites for hydroxylation is 2. The summed E-state index contributed by atoms with van der Waals surface area (Å²) < 4.78 is 14.7. The van der Waals surface area contributed by atoms with E-state index in [1.54, 1.807) is 6.07 Å². The van der Waals surface area contributed by atoms with Crippen LogP contribution in [0.2, 0.25) is 0 Å². The van der Waals surface area contributed by atoms with Gasteiger partial charge in [-0.15, -0.1) is 0 Å². The molecule has 0 bridgehead atoms. The number of nitrogens with one attached hydrogen (secondary N) is 1. The predicted octanol–water partition coefficient (Wildman–Crippen LogP) is 5.21. The monoisotopic (exact) mass is 492 g/mol. The summed E-state index contributed by atoms with van der Waals surface area (Å²) in [7, 11) is 0. The summed E-state index contributed by atoms with van der Waals surface area (Å²) in [6.07, 6.45) is 3.84.